The van der Waals surface area contributed by atoms with Crippen LogP contribution < -0.4 is 5.32 Å². The third-order valence-electron chi connectivity index (χ3n) is 5.38. The third-order valence-corrected chi connectivity index (χ3v) is 5.38. The minimum absolute atomic E-state index is 0.00830. The fourth-order valence-electron chi connectivity index (χ4n) is 3.44. The van der Waals surface area contributed by atoms with Crippen LogP contribution in [0.1, 0.15) is 61.8 Å². The normalized spacial score (nSPS) is 11.9. The quantitative estimate of drug-likeness (QED) is 0.675. The van der Waals surface area contributed by atoms with E-state index in [1.165, 1.54) is 11.1 Å². The summed E-state index contributed by atoms with van der Waals surface area (Å²) in [4.78, 5) is 27.3. The van der Waals surface area contributed by atoms with E-state index in [0.29, 0.717) is 31.7 Å². The molecule has 0 aliphatic rings. The highest BCUT2D eigenvalue weighted by Gasteiger charge is 2.27. The van der Waals surface area contributed by atoms with E-state index < -0.39 is 6.04 Å². The second-order valence-corrected chi connectivity index (χ2v) is 7.94. The lowest BCUT2D eigenvalue weighted by Gasteiger charge is -2.30. The minimum Gasteiger partial charge on any atom is -0.357 e. The Morgan fingerprint density at radius 1 is 0.966 bits per heavy atom. The topological polar surface area (TPSA) is 49.4 Å². The minimum atomic E-state index is -0.461. The van der Waals surface area contributed by atoms with Crippen LogP contribution in [0.5, 0.6) is 0 Å². The Labute approximate surface area is 175 Å². The van der Waals surface area contributed by atoms with Gasteiger partial charge in [-0.05, 0) is 42.4 Å². The van der Waals surface area contributed by atoms with Gasteiger partial charge in [-0.2, -0.15) is 0 Å². The van der Waals surface area contributed by atoms with Crippen LogP contribution in [0.2, 0.25) is 0 Å². The number of benzene rings is 2. The predicted octanol–water partition coefficient (Wildman–Crippen LogP) is 4.60. The highest BCUT2D eigenvalue weighted by Crippen LogP contribution is 2.18. The van der Waals surface area contributed by atoms with E-state index in [-0.39, 0.29) is 11.8 Å². The summed E-state index contributed by atoms with van der Waals surface area (Å²) in [6, 6.07) is 16.1. The van der Waals surface area contributed by atoms with Crippen molar-refractivity contribution in [2.45, 2.75) is 65.5 Å². The van der Waals surface area contributed by atoms with Crippen LogP contribution in [0.15, 0.2) is 48.5 Å². The van der Waals surface area contributed by atoms with Crippen molar-refractivity contribution in [2.75, 3.05) is 7.05 Å². The van der Waals surface area contributed by atoms with Crippen molar-refractivity contribution < 1.29 is 9.59 Å². The van der Waals surface area contributed by atoms with Crippen molar-refractivity contribution in [1.82, 2.24) is 10.2 Å². The van der Waals surface area contributed by atoms with E-state index in [0.717, 1.165) is 11.1 Å². The van der Waals surface area contributed by atoms with Crippen molar-refractivity contribution in [1.29, 1.82) is 0 Å². The molecule has 4 nitrogen and oxygen atoms in total. The predicted molar refractivity (Wildman–Crippen MR) is 119 cm³/mol. The maximum Gasteiger partial charge on any atom is 0.242 e. The zero-order chi connectivity index (χ0) is 21.4. The number of amides is 2. The number of nitrogens with one attached hydrogen (secondary N) is 1. The molecule has 0 saturated carbocycles. The molecule has 0 aliphatic heterocycles. The highest BCUT2D eigenvalue weighted by molar-refractivity contribution is 5.87. The Hall–Kier alpha value is -2.62. The van der Waals surface area contributed by atoms with Crippen LogP contribution in [0, 0.1) is 6.92 Å². The van der Waals surface area contributed by atoms with E-state index >= 15 is 0 Å². The summed E-state index contributed by atoms with van der Waals surface area (Å²) in [5.74, 6) is 0.386. The number of likely N-dealkylation sites (N-methyl/N-ethyl adjacent to an activating group) is 1. The smallest absolute Gasteiger partial charge is 0.242 e. The molecule has 0 heterocycles. The second-order valence-electron chi connectivity index (χ2n) is 7.94. The van der Waals surface area contributed by atoms with E-state index in [1.807, 2.05) is 38.1 Å². The fraction of sp³-hybridized carbons (Fsp3) is 0.440. The number of hydrogen-bond acceptors (Lipinski definition) is 2. The van der Waals surface area contributed by atoms with Crippen LogP contribution >= 0.6 is 0 Å². The summed E-state index contributed by atoms with van der Waals surface area (Å²) in [6.45, 7) is 8.77. The number of carbonyl (C=O) groups is 2. The average molecular weight is 395 g/mol. The summed E-state index contributed by atoms with van der Waals surface area (Å²) < 4.78 is 0. The Morgan fingerprint density at radius 3 is 2.07 bits per heavy atom. The summed E-state index contributed by atoms with van der Waals surface area (Å²) >= 11 is 0. The molecule has 0 spiro atoms. The first-order chi connectivity index (χ1) is 13.8. The molecule has 2 rings (SSSR count). The Bertz CT molecular complexity index is 795. The number of nitrogens with zero attached hydrogens (tertiary/aromatic N) is 1. The second kappa shape index (κ2) is 10.8. The number of hydrogen-bond donors (Lipinski definition) is 1. The van der Waals surface area contributed by atoms with E-state index in [1.54, 1.807) is 11.9 Å². The van der Waals surface area contributed by atoms with Gasteiger partial charge in [0.1, 0.15) is 6.04 Å². The van der Waals surface area contributed by atoms with Gasteiger partial charge in [0.15, 0.2) is 0 Å². The molecule has 2 aromatic rings. The van der Waals surface area contributed by atoms with Gasteiger partial charge in [-0.1, -0.05) is 74.9 Å². The molecule has 0 bridgehead atoms. The largest absolute Gasteiger partial charge is 0.357 e. The van der Waals surface area contributed by atoms with Gasteiger partial charge in [0.2, 0.25) is 11.8 Å². The van der Waals surface area contributed by atoms with Crippen LogP contribution in [0.25, 0.3) is 0 Å². The molecule has 2 aromatic carbocycles. The Balaban J connectivity index is 2.14. The molecule has 1 N–H and O–H groups in total. The van der Waals surface area contributed by atoms with Crippen LogP contribution in [-0.4, -0.2) is 29.8 Å². The summed E-state index contributed by atoms with van der Waals surface area (Å²) in [5.41, 5.74) is 4.65. The first kappa shape index (κ1) is 22.7. The van der Waals surface area contributed by atoms with Gasteiger partial charge < -0.3 is 10.2 Å². The molecule has 0 unspecified atom stereocenters. The van der Waals surface area contributed by atoms with Gasteiger partial charge in [-0.3, -0.25) is 9.59 Å². The van der Waals surface area contributed by atoms with Crippen molar-refractivity contribution in [3.8, 4) is 0 Å². The van der Waals surface area contributed by atoms with Gasteiger partial charge in [-0.15, -0.1) is 0 Å². The maximum absolute atomic E-state index is 13.1. The first-order valence-corrected chi connectivity index (χ1v) is 10.5. The molecular formula is C25H34N2O2. The summed E-state index contributed by atoms with van der Waals surface area (Å²) in [7, 11) is 1.62. The molecule has 0 aromatic heterocycles. The van der Waals surface area contributed by atoms with Crippen LogP contribution in [0.4, 0.5) is 0 Å². The van der Waals surface area contributed by atoms with Gasteiger partial charge in [-0.25, -0.2) is 0 Å². The lowest BCUT2D eigenvalue weighted by atomic mass is 10.00. The maximum atomic E-state index is 13.1. The van der Waals surface area contributed by atoms with Gasteiger partial charge in [0.05, 0.1) is 0 Å². The van der Waals surface area contributed by atoms with Gasteiger partial charge in [0, 0.05) is 20.0 Å². The lowest BCUT2D eigenvalue weighted by Crippen LogP contribution is -2.48. The zero-order valence-electron chi connectivity index (χ0n) is 18.4. The number of carbonyl (C=O) groups excluding carboxylic acids is 2. The Kier molecular flexibility index (Phi) is 8.44. The number of rotatable bonds is 9. The van der Waals surface area contributed by atoms with E-state index in [9.17, 15) is 9.59 Å². The zero-order valence-corrected chi connectivity index (χ0v) is 18.4. The fourth-order valence-corrected chi connectivity index (χ4v) is 3.44. The molecule has 29 heavy (non-hydrogen) atoms. The molecule has 2 amide bonds. The standard InChI is InChI=1S/C25H34N2O2/c1-6-23(25(29)26-5)27(17-21-9-7-19(4)8-10-21)24(28)16-13-20-11-14-22(15-12-20)18(2)3/h7-12,14-15,18,23H,6,13,16-17H2,1-5H3,(H,26,29)/t23-/m1/s1. The average Bonchev–Trinajstić information content (AvgIpc) is 2.73. The Morgan fingerprint density at radius 2 is 1.55 bits per heavy atom. The SMILES string of the molecule is CC[C@H](C(=O)NC)N(Cc1ccc(C)cc1)C(=O)CCc1ccc(C(C)C)cc1. The molecule has 0 aliphatic carbocycles. The van der Waals surface area contributed by atoms with Crippen molar-refractivity contribution in [3.05, 3.63) is 70.8 Å². The van der Waals surface area contributed by atoms with Crippen LogP contribution in [0.3, 0.4) is 0 Å². The molecule has 4 heteroatoms. The summed E-state index contributed by atoms with van der Waals surface area (Å²) in [5, 5.41) is 2.70. The molecule has 0 fully saturated rings. The van der Waals surface area contributed by atoms with Crippen molar-refractivity contribution >= 4 is 11.8 Å². The van der Waals surface area contributed by atoms with Gasteiger partial charge in [0.25, 0.3) is 0 Å². The lowest BCUT2D eigenvalue weighted by molar-refractivity contribution is -0.141. The monoisotopic (exact) mass is 394 g/mol. The van der Waals surface area contributed by atoms with E-state index in [2.05, 4.69) is 43.4 Å². The molecule has 1 atom stereocenters. The van der Waals surface area contributed by atoms with Crippen molar-refractivity contribution in [3.63, 3.8) is 0 Å². The van der Waals surface area contributed by atoms with E-state index in [4.69, 9.17) is 0 Å². The first-order valence-electron chi connectivity index (χ1n) is 10.5. The number of aryl methyl sites for hydroxylation is 2. The summed E-state index contributed by atoms with van der Waals surface area (Å²) in [6.07, 6.45) is 1.65. The molecule has 0 radical (unpaired) electrons. The molecule has 156 valence electrons. The van der Waals surface area contributed by atoms with Crippen molar-refractivity contribution in [2.24, 2.45) is 0 Å². The highest BCUT2D eigenvalue weighted by atomic mass is 16.2. The van der Waals surface area contributed by atoms with Crippen LogP contribution in [-0.2, 0) is 22.6 Å². The van der Waals surface area contributed by atoms with Gasteiger partial charge >= 0.3 is 0 Å². The third kappa shape index (κ3) is 6.45. The molecule has 0 saturated heterocycles. The molecular weight excluding hydrogens is 360 g/mol.